The maximum atomic E-state index is 11.4. The summed E-state index contributed by atoms with van der Waals surface area (Å²) in [7, 11) is 3.73. The van der Waals surface area contributed by atoms with Gasteiger partial charge in [0.15, 0.2) is 0 Å². The predicted molar refractivity (Wildman–Crippen MR) is 152 cm³/mol. The van der Waals surface area contributed by atoms with E-state index in [-0.39, 0.29) is 18.6 Å². The number of nitrogens with two attached hydrogens (primary N) is 1. The summed E-state index contributed by atoms with van der Waals surface area (Å²) in [5.41, 5.74) is 11.6. The fourth-order valence-corrected chi connectivity index (χ4v) is 4.09. The number of halogens is 1. The normalized spacial score (nSPS) is 13.9. The van der Waals surface area contributed by atoms with Crippen molar-refractivity contribution in [2.75, 3.05) is 20.6 Å². The molecule has 10 heteroatoms. The van der Waals surface area contributed by atoms with Crippen LogP contribution in [0.15, 0.2) is 53.2 Å². The number of nitriles is 1. The van der Waals surface area contributed by atoms with Crippen LogP contribution in [0.25, 0.3) is 5.57 Å². The van der Waals surface area contributed by atoms with Gasteiger partial charge in [0, 0.05) is 47.0 Å². The standard InChI is InChI=1S/C15H20ClN3.C12H11N3O2S/c1-10(17)14(9-18-2)11-6-12(8-13(16)7-11)15(19-3)4-5-15;13-5-6-14-11(16)12(17)15-7-9-3-1-2-4-10(9)8-18/h6-9,19H,4-5,17H2,1-3H3;1-4,8H,6-7H2,(H,14,16)(H,15,17)/b14-10+,18-9?;. The highest BCUT2D eigenvalue weighted by Crippen LogP contribution is 2.46. The highest BCUT2D eigenvalue weighted by atomic mass is 35.5. The van der Waals surface area contributed by atoms with E-state index in [9.17, 15) is 9.59 Å². The zero-order chi connectivity index (χ0) is 27.4. The Bertz CT molecular complexity index is 1240. The van der Waals surface area contributed by atoms with E-state index in [1.807, 2.05) is 50.4 Å². The first kappa shape index (κ1) is 29.6. The van der Waals surface area contributed by atoms with Gasteiger partial charge in [-0.05, 0) is 67.3 Å². The molecule has 0 heterocycles. The average molecular weight is 539 g/mol. The van der Waals surface area contributed by atoms with E-state index in [4.69, 9.17) is 34.8 Å². The summed E-state index contributed by atoms with van der Waals surface area (Å²) >= 11 is 11.1. The van der Waals surface area contributed by atoms with Crippen molar-refractivity contribution < 1.29 is 9.59 Å². The largest absolute Gasteiger partial charge is 0.402 e. The summed E-state index contributed by atoms with van der Waals surface area (Å²) in [4.78, 5) is 26.6. The lowest BCUT2D eigenvalue weighted by atomic mass is 9.97. The number of nitrogens with zero attached hydrogens (tertiary/aromatic N) is 2. The Hall–Kier alpha value is -3.58. The molecule has 0 aromatic heterocycles. The molecule has 0 bridgehead atoms. The summed E-state index contributed by atoms with van der Waals surface area (Å²) in [5, 5.41) is 18.5. The smallest absolute Gasteiger partial charge is 0.310 e. The fourth-order valence-electron chi connectivity index (χ4n) is 3.63. The number of rotatable bonds is 8. The van der Waals surface area contributed by atoms with Crippen LogP contribution in [0.4, 0.5) is 0 Å². The van der Waals surface area contributed by atoms with Crippen LogP contribution in [-0.4, -0.2) is 44.0 Å². The Morgan fingerprint density at radius 3 is 2.46 bits per heavy atom. The number of carbonyl (C=O) groups is 2. The first-order valence-corrected chi connectivity index (χ1v) is 12.4. The van der Waals surface area contributed by atoms with Crippen molar-refractivity contribution in [2.24, 2.45) is 10.7 Å². The summed E-state index contributed by atoms with van der Waals surface area (Å²) in [6.45, 7) is 1.90. The molecule has 8 nitrogen and oxygen atoms in total. The summed E-state index contributed by atoms with van der Waals surface area (Å²) in [6.07, 6.45) is 4.07. The Morgan fingerprint density at radius 2 is 1.89 bits per heavy atom. The van der Waals surface area contributed by atoms with Gasteiger partial charge < -0.3 is 21.7 Å². The van der Waals surface area contributed by atoms with Gasteiger partial charge in [-0.15, -0.1) is 0 Å². The molecule has 2 aromatic carbocycles. The fraction of sp³-hybridized carbons (Fsp3) is 0.296. The van der Waals surface area contributed by atoms with Crippen molar-refractivity contribution in [2.45, 2.75) is 31.8 Å². The van der Waals surface area contributed by atoms with Gasteiger partial charge in [-0.3, -0.25) is 14.6 Å². The van der Waals surface area contributed by atoms with E-state index >= 15 is 0 Å². The number of carbonyl (C=O) groups excluding carboxylic acids is 2. The minimum absolute atomic E-state index is 0.0939. The highest BCUT2D eigenvalue weighted by molar-refractivity contribution is 7.79. The molecule has 0 unspecified atom stereocenters. The molecule has 2 amide bonds. The molecule has 2 aromatic rings. The molecule has 1 aliphatic rings. The third-order valence-corrected chi connectivity index (χ3v) is 6.30. The van der Waals surface area contributed by atoms with Crippen LogP contribution < -0.4 is 21.7 Å². The quantitative estimate of drug-likeness (QED) is 0.176. The predicted octanol–water partition coefficient (Wildman–Crippen LogP) is 3.23. The molecule has 1 aliphatic carbocycles. The molecule has 0 atom stereocenters. The van der Waals surface area contributed by atoms with E-state index in [0.717, 1.165) is 45.8 Å². The van der Waals surface area contributed by atoms with Crippen molar-refractivity contribution in [3.63, 3.8) is 0 Å². The molecular weight excluding hydrogens is 508 g/mol. The van der Waals surface area contributed by atoms with Crippen LogP contribution in [0.1, 0.15) is 42.0 Å². The van der Waals surface area contributed by atoms with Gasteiger partial charge in [-0.1, -0.05) is 48.1 Å². The number of allylic oxidation sites excluding steroid dienone is 2. The maximum absolute atomic E-state index is 11.4. The highest BCUT2D eigenvalue weighted by Gasteiger charge is 2.43. The molecule has 194 valence electrons. The Kier molecular flexibility index (Phi) is 11.4. The minimum Gasteiger partial charge on any atom is -0.402 e. The third-order valence-electron chi connectivity index (χ3n) is 5.83. The number of amides is 2. The first-order valence-electron chi connectivity index (χ1n) is 11.6. The van der Waals surface area contributed by atoms with Crippen molar-refractivity contribution in [1.82, 2.24) is 16.0 Å². The summed E-state index contributed by atoms with van der Waals surface area (Å²) < 4.78 is 0. The lowest BCUT2D eigenvalue weighted by molar-refractivity contribution is -0.139. The molecule has 1 saturated carbocycles. The SMILES string of the molecule is CN=C/C(=C(/C)N)c1cc(Cl)cc(C2(NC)CC2)c1.N#CCNC(=O)C(=O)NCc1ccccc1C=S. The average Bonchev–Trinajstić information content (AvgIpc) is 3.70. The lowest BCUT2D eigenvalue weighted by Crippen LogP contribution is -2.39. The number of thiocarbonyl (C=S) groups is 1. The van der Waals surface area contributed by atoms with E-state index < -0.39 is 11.8 Å². The van der Waals surface area contributed by atoms with Gasteiger partial charge in [-0.25, -0.2) is 0 Å². The van der Waals surface area contributed by atoms with Crippen LogP contribution in [0, 0.1) is 11.3 Å². The molecule has 0 radical (unpaired) electrons. The number of aliphatic imine (C=N–C) groups is 1. The second-order valence-corrected chi connectivity index (χ2v) is 9.06. The third kappa shape index (κ3) is 8.50. The second-order valence-electron chi connectivity index (χ2n) is 8.38. The maximum Gasteiger partial charge on any atom is 0.310 e. The molecule has 1 fully saturated rings. The molecule has 37 heavy (non-hydrogen) atoms. The molecule has 3 rings (SSSR count). The number of benzene rings is 2. The summed E-state index contributed by atoms with van der Waals surface area (Å²) in [6, 6.07) is 15.1. The molecule has 0 spiro atoms. The van der Waals surface area contributed by atoms with Gasteiger partial charge in [0.2, 0.25) is 0 Å². The molecule has 0 aliphatic heterocycles. The van der Waals surface area contributed by atoms with E-state index in [2.05, 4.69) is 27.0 Å². The van der Waals surface area contributed by atoms with E-state index in [1.165, 1.54) is 10.9 Å². The topological polar surface area (TPSA) is 132 Å². The monoisotopic (exact) mass is 538 g/mol. The first-order chi connectivity index (χ1) is 17.7. The van der Waals surface area contributed by atoms with Gasteiger partial charge in [-0.2, -0.15) is 5.26 Å². The van der Waals surface area contributed by atoms with Crippen LogP contribution in [0.3, 0.4) is 0 Å². The van der Waals surface area contributed by atoms with Gasteiger partial charge in [0.1, 0.15) is 6.54 Å². The van der Waals surface area contributed by atoms with Crippen molar-refractivity contribution in [3.05, 3.63) is 75.4 Å². The van der Waals surface area contributed by atoms with Crippen molar-refractivity contribution in [3.8, 4) is 6.07 Å². The Balaban J connectivity index is 0.000000261. The summed E-state index contributed by atoms with van der Waals surface area (Å²) in [5.74, 6) is -1.60. The van der Waals surface area contributed by atoms with Gasteiger partial charge in [0.25, 0.3) is 0 Å². The van der Waals surface area contributed by atoms with Crippen molar-refractivity contribution in [1.29, 1.82) is 5.26 Å². The van der Waals surface area contributed by atoms with Crippen LogP contribution in [0.2, 0.25) is 5.02 Å². The van der Waals surface area contributed by atoms with Crippen LogP contribution >= 0.6 is 23.8 Å². The lowest BCUT2D eigenvalue weighted by Gasteiger charge is -2.17. The Morgan fingerprint density at radius 1 is 1.22 bits per heavy atom. The zero-order valence-electron chi connectivity index (χ0n) is 21.1. The Labute approximate surface area is 228 Å². The van der Waals surface area contributed by atoms with E-state index in [1.54, 1.807) is 19.3 Å². The molecule has 0 saturated heterocycles. The molecular formula is C27H31ClN6O2S. The van der Waals surface area contributed by atoms with Gasteiger partial charge >= 0.3 is 11.8 Å². The molecule has 5 N–H and O–H groups in total. The second kappa shape index (κ2) is 14.2. The van der Waals surface area contributed by atoms with Crippen LogP contribution in [0.5, 0.6) is 0 Å². The minimum atomic E-state index is -0.823. The number of nitrogens with one attached hydrogen (secondary N) is 3. The number of hydrogen-bond donors (Lipinski definition) is 4. The van der Waals surface area contributed by atoms with E-state index in [0.29, 0.717) is 0 Å². The van der Waals surface area contributed by atoms with Crippen molar-refractivity contribution >= 4 is 52.8 Å². The number of hydrogen-bond acceptors (Lipinski definition) is 7. The zero-order valence-corrected chi connectivity index (χ0v) is 22.7. The van der Waals surface area contributed by atoms with Gasteiger partial charge in [0.05, 0.1) is 6.07 Å². The van der Waals surface area contributed by atoms with Crippen LogP contribution in [-0.2, 0) is 21.7 Å².